The number of sulfonamides is 1. The average molecular weight is 423 g/mol. The number of hydrogen-bond acceptors (Lipinski definition) is 7. The second-order valence-corrected chi connectivity index (χ2v) is 9.28. The molecule has 0 aliphatic carbocycles. The number of rotatable bonds is 2. The van der Waals surface area contributed by atoms with Crippen molar-refractivity contribution in [1.29, 1.82) is 0 Å². The zero-order valence-corrected chi connectivity index (χ0v) is 17.7. The van der Waals surface area contributed by atoms with Crippen molar-refractivity contribution in [2.75, 3.05) is 25.0 Å². The molecular weight excluding hydrogens is 400 g/mol. The standard InChI is InChI=1S/C21H22N6O2S/c1-14-23-18-13-22-10-7-16(18)20(24-14)27-11-8-15(9-12-27)26(2)21-17-5-3-4-6-19(17)30(28,29)25-21/h3-7,10,13,15H,8-9,11-12H2,1-2H3. The van der Waals surface area contributed by atoms with Gasteiger partial charge in [-0.15, -0.1) is 4.40 Å². The Kier molecular flexibility index (Phi) is 4.43. The molecule has 1 saturated heterocycles. The van der Waals surface area contributed by atoms with Crippen LogP contribution in [0.15, 0.2) is 52.0 Å². The molecule has 1 fully saturated rings. The predicted molar refractivity (Wildman–Crippen MR) is 115 cm³/mol. The second-order valence-electron chi connectivity index (χ2n) is 7.70. The van der Waals surface area contributed by atoms with E-state index in [0.29, 0.717) is 16.3 Å². The molecule has 2 aromatic heterocycles. The predicted octanol–water partition coefficient (Wildman–Crippen LogP) is 2.38. The van der Waals surface area contributed by atoms with E-state index in [1.807, 2.05) is 37.1 Å². The lowest BCUT2D eigenvalue weighted by Crippen LogP contribution is -2.46. The Balaban J connectivity index is 1.38. The molecule has 2 aliphatic heterocycles. The van der Waals surface area contributed by atoms with Crippen LogP contribution >= 0.6 is 0 Å². The Morgan fingerprint density at radius 3 is 2.67 bits per heavy atom. The van der Waals surface area contributed by atoms with E-state index in [4.69, 9.17) is 4.98 Å². The zero-order chi connectivity index (χ0) is 20.9. The van der Waals surface area contributed by atoms with Gasteiger partial charge in [-0.1, -0.05) is 12.1 Å². The first kappa shape index (κ1) is 18.9. The first-order chi connectivity index (χ1) is 14.4. The average Bonchev–Trinajstić information content (AvgIpc) is 3.04. The van der Waals surface area contributed by atoms with Crippen LogP contribution in [0, 0.1) is 6.92 Å². The minimum Gasteiger partial charge on any atom is -0.356 e. The van der Waals surface area contributed by atoms with Gasteiger partial charge >= 0.3 is 0 Å². The van der Waals surface area contributed by atoms with Crippen molar-refractivity contribution in [2.24, 2.45) is 4.40 Å². The van der Waals surface area contributed by atoms with Crippen LogP contribution in [-0.2, 0) is 10.0 Å². The molecule has 3 aromatic rings. The van der Waals surface area contributed by atoms with Gasteiger partial charge in [-0.3, -0.25) is 4.98 Å². The van der Waals surface area contributed by atoms with Gasteiger partial charge in [0.1, 0.15) is 16.5 Å². The number of benzene rings is 1. The number of aryl methyl sites for hydroxylation is 1. The monoisotopic (exact) mass is 422 g/mol. The van der Waals surface area contributed by atoms with Crippen molar-refractivity contribution in [3.8, 4) is 0 Å². The first-order valence-electron chi connectivity index (χ1n) is 9.94. The van der Waals surface area contributed by atoms with Gasteiger partial charge in [-0.2, -0.15) is 8.42 Å². The van der Waals surface area contributed by atoms with Crippen LogP contribution in [0.5, 0.6) is 0 Å². The van der Waals surface area contributed by atoms with E-state index in [9.17, 15) is 8.42 Å². The van der Waals surface area contributed by atoms with Gasteiger partial charge in [0.2, 0.25) is 0 Å². The van der Waals surface area contributed by atoms with Crippen LogP contribution in [0.3, 0.4) is 0 Å². The molecule has 8 nitrogen and oxygen atoms in total. The van der Waals surface area contributed by atoms with Crippen LogP contribution in [0.4, 0.5) is 5.82 Å². The number of fused-ring (bicyclic) bond motifs is 2. The molecule has 9 heteroatoms. The third-order valence-electron chi connectivity index (χ3n) is 5.85. The topological polar surface area (TPSA) is 91.7 Å². The van der Waals surface area contributed by atoms with E-state index >= 15 is 0 Å². The van der Waals surface area contributed by atoms with Crippen LogP contribution in [0.25, 0.3) is 10.9 Å². The highest BCUT2D eigenvalue weighted by atomic mass is 32.2. The fourth-order valence-electron chi connectivity index (χ4n) is 4.30. The van der Waals surface area contributed by atoms with Crippen molar-refractivity contribution in [3.05, 3.63) is 54.1 Å². The summed E-state index contributed by atoms with van der Waals surface area (Å²) >= 11 is 0. The SMILES string of the molecule is Cc1nc(N2CCC(N(C)C3=NS(=O)(=O)c4ccccc43)CC2)c2ccncc2n1. The van der Waals surface area contributed by atoms with Crippen LogP contribution < -0.4 is 4.90 Å². The Bertz CT molecular complexity index is 1270. The lowest BCUT2D eigenvalue weighted by molar-refractivity contribution is 0.306. The van der Waals surface area contributed by atoms with Crippen molar-refractivity contribution >= 4 is 32.6 Å². The van der Waals surface area contributed by atoms with E-state index in [0.717, 1.165) is 48.5 Å². The minimum absolute atomic E-state index is 0.206. The molecule has 4 heterocycles. The third-order valence-corrected chi connectivity index (χ3v) is 7.17. The highest BCUT2D eigenvalue weighted by Gasteiger charge is 2.34. The molecule has 0 spiro atoms. The largest absolute Gasteiger partial charge is 0.356 e. The number of aromatic nitrogens is 3. The van der Waals surface area contributed by atoms with Gasteiger partial charge < -0.3 is 9.80 Å². The number of nitrogens with zero attached hydrogens (tertiary/aromatic N) is 6. The molecule has 0 atom stereocenters. The minimum atomic E-state index is -3.61. The van der Waals surface area contributed by atoms with Crippen molar-refractivity contribution in [1.82, 2.24) is 19.9 Å². The number of pyridine rings is 1. The van der Waals surface area contributed by atoms with Gasteiger partial charge in [0.05, 0.1) is 11.7 Å². The molecule has 5 rings (SSSR count). The van der Waals surface area contributed by atoms with Crippen molar-refractivity contribution < 1.29 is 8.42 Å². The number of amidine groups is 1. The summed E-state index contributed by atoms with van der Waals surface area (Å²) in [6, 6.07) is 9.19. The Morgan fingerprint density at radius 1 is 1.10 bits per heavy atom. The third kappa shape index (κ3) is 3.09. The summed E-state index contributed by atoms with van der Waals surface area (Å²) in [5, 5.41) is 1.00. The van der Waals surface area contributed by atoms with E-state index in [1.165, 1.54) is 0 Å². The molecule has 0 saturated carbocycles. The molecule has 0 N–H and O–H groups in total. The van der Waals surface area contributed by atoms with Gasteiger partial charge in [0, 0.05) is 43.3 Å². The molecule has 0 radical (unpaired) electrons. The summed E-state index contributed by atoms with van der Waals surface area (Å²) in [7, 11) is -1.67. The number of piperidine rings is 1. The van der Waals surface area contributed by atoms with E-state index in [2.05, 4.69) is 19.3 Å². The highest BCUT2D eigenvalue weighted by molar-refractivity contribution is 7.90. The van der Waals surface area contributed by atoms with E-state index < -0.39 is 10.0 Å². The molecular formula is C21H22N6O2S. The fraction of sp³-hybridized carbons (Fsp3) is 0.333. The Labute approximate surface area is 175 Å². The second kappa shape index (κ2) is 7.02. The molecule has 0 unspecified atom stereocenters. The quantitative estimate of drug-likeness (QED) is 0.626. The lowest BCUT2D eigenvalue weighted by atomic mass is 10.0. The zero-order valence-electron chi connectivity index (χ0n) is 16.9. The number of hydrogen-bond donors (Lipinski definition) is 0. The number of anilines is 1. The maximum Gasteiger partial charge on any atom is 0.285 e. The molecule has 154 valence electrons. The molecule has 2 aliphatic rings. The van der Waals surface area contributed by atoms with Gasteiger partial charge in [-0.05, 0) is 38.0 Å². The normalized spacial score (nSPS) is 18.3. The maximum atomic E-state index is 12.4. The lowest BCUT2D eigenvalue weighted by Gasteiger charge is -2.38. The summed E-state index contributed by atoms with van der Waals surface area (Å²) in [5.74, 6) is 2.21. The van der Waals surface area contributed by atoms with Gasteiger partial charge in [-0.25, -0.2) is 9.97 Å². The molecule has 30 heavy (non-hydrogen) atoms. The summed E-state index contributed by atoms with van der Waals surface area (Å²) in [6.07, 6.45) is 5.30. The maximum absolute atomic E-state index is 12.4. The summed E-state index contributed by atoms with van der Waals surface area (Å²) in [5.41, 5.74) is 1.54. The van der Waals surface area contributed by atoms with Gasteiger partial charge in [0.15, 0.2) is 5.84 Å². The first-order valence-corrected chi connectivity index (χ1v) is 11.4. The van der Waals surface area contributed by atoms with Crippen LogP contribution in [0.1, 0.15) is 24.2 Å². The fourth-order valence-corrected chi connectivity index (χ4v) is 5.54. The van der Waals surface area contributed by atoms with Crippen LogP contribution in [0.2, 0.25) is 0 Å². The summed E-state index contributed by atoms with van der Waals surface area (Å²) in [4.78, 5) is 17.9. The Hall–Kier alpha value is -3.07. The molecule has 1 aromatic carbocycles. The van der Waals surface area contributed by atoms with Crippen LogP contribution in [-0.4, -0.2) is 60.3 Å². The molecule has 0 bridgehead atoms. The highest BCUT2D eigenvalue weighted by Crippen LogP contribution is 2.31. The van der Waals surface area contributed by atoms with Gasteiger partial charge in [0.25, 0.3) is 10.0 Å². The summed E-state index contributed by atoms with van der Waals surface area (Å²) < 4.78 is 28.9. The summed E-state index contributed by atoms with van der Waals surface area (Å²) in [6.45, 7) is 3.54. The molecule has 0 amide bonds. The van der Waals surface area contributed by atoms with Crippen molar-refractivity contribution in [3.63, 3.8) is 0 Å². The van der Waals surface area contributed by atoms with E-state index in [1.54, 1.807) is 24.5 Å². The Morgan fingerprint density at radius 2 is 1.87 bits per heavy atom. The van der Waals surface area contributed by atoms with Crippen molar-refractivity contribution in [2.45, 2.75) is 30.7 Å². The van der Waals surface area contributed by atoms with E-state index in [-0.39, 0.29) is 6.04 Å². The smallest absolute Gasteiger partial charge is 0.285 e.